The van der Waals surface area contributed by atoms with Crippen LogP contribution in [0.4, 0.5) is 0 Å². The highest BCUT2D eigenvalue weighted by Gasteiger charge is 2.18. The van der Waals surface area contributed by atoms with E-state index in [9.17, 15) is 9.59 Å². The molecule has 0 aromatic heterocycles. The van der Waals surface area contributed by atoms with E-state index in [1.807, 2.05) is 5.43 Å². The number of ketones is 1. The minimum atomic E-state index is -0.608. The summed E-state index contributed by atoms with van der Waals surface area (Å²) in [7, 11) is 0. The number of nitrogens with one attached hydrogen (secondary N) is 1. The van der Waals surface area contributed by atoms with Crippen LogP contribution in [0.25, 0.3) is 0 Å². The van der Waals surface area contributed by atoms with Crippen molar-refractivity contribution in [3.63, 3.8) is 0 Å². The standard InChI is InChI=1S/C3H3N2O2S/c6-2-1-8-5-4-3(2)7/h1H2,(H,4,7). The molecule has 5 heteroatoms. The maximum Gasteiger partial charge on any atom is 0.304 e. The van der Waals surface area contributed by atoms with E-state index in [1.165, 1.54) is 0 Å². The molecule has 0 aromatic carbocycles. The van der Waals surface area contributed by atoms with Gasteiger partial charge in [-0.2, -0.15) is 0 Å². The molecular formula is C3H3N2O2S. The molecule has 0 spiro atoms. The van der Waals surface area contributed by atoms with Gasteiger partial charge < -0.3 is 0 Å². The molecule has 0 saturated carbocycles. The number of rotatable bonds is 0. The molecule has 0 aliphatic carbocycles. The lowest BCUT2D eigenvalue weighted by Gasteiger charge is -2.06. The van der Waals surface area contributed by atoms with Gasteiger partial charge in [0.15, 0.2) is 0 Å². The lowest BCUT2D eigenvalue weighted by molar-refractivity contribution is -0.137. The minimum Gasteiger partial charge on any atom is -0.288 e. The predicted octanol–water partition coefficient (Wildman–Crippen LogP) is -1.15. The van der Waals surface area contributed by atoms with Crippen molar-refractivity contribution in [2.45, 2.75) is 0 Å². The summed E-state index contributed by atoms with van der Waals surface area (Å²) in [4.78, 5) is 23.9. The average Bonchev–Trinajstić information content (AvgIpc) is 1.77. The number of amides is 1. The summed E-state index contributed by atoms with van der Waals surface area (Å²) in [5.74, 6) is -0.847. The van der Waals surface area contributed by atoms with Gasteiger partial charge in [-0.15, -0.1) is 0 Å². The number of carbonyl (C=O) groups excluding carboxylic acids is 2. The Labute approximate surface area is 50.1 Å². The van der Waals surface area contributed by atoms with E-state index >= 15 is 0 Å². The van der Waals surface area contributed by atoms with Crippen LogP contribution in [0.3, 0.4) is 0 Å². The molecule has 0 aromatic rings. The molecule has 0 unspecified atom stereocenters. The predicted molar refractivity (Wildman–Crippen MR) is 27.7 cm³/mol. The maximum absolute atomic E-state index is 10.3. The van der Waals surface area contributed by atoms with Gasteiger partial charge in [-0.25, -0.2) is 0 Å². The van der Waals surface area contributed by atoms with Crippen LogP contribution in [0.2, 0.25) is 0 Å². The van der Waals surface area contributed by atoms with Crippen LogP contribution in [0.15, 0.2) is 0 Å². The van der Waals surface area contributed by atoms with Crippen molar-refractivity contribution in [1.29, 1.82) is 0 Å². The van der Waals surface area contributed by atoms with Gasteiger partial charge in [-0.1, -0.05) is 4.83 Å². The molecular weight excluding hydrogens is 128 g/mol. The average molecular weight is 131 g/mol. The molecule has 1 N–H and O–H groups in total. The highest BCUT2D eigenvalue weighted by atomic mass is 32.2. The molecule has 1 rings (SSSR count). The molecule has 0 bridgehead atoms. The fourth-order valence-electron chi connectivity index (χ4n) is 0.293. The van der Waals surface area contributed by atoms with E-state index in [1.54, 1.807) is 0 Å². The fourth-order valence-corrected chi connectivity index (χ4v) is 0.753. The highest BCUT2D eigenvalue weighted by Crippen LogP contribution is 1.97. The first-order valence-corrected chi connectivity index (χ1v) is 2.90. The number of hydrogen-bond acceptors (Lipinski definition) is 3. The summed E-state index contributed by atoms with van der Waals surface area (Å²) in [6.45, 7) is 0. The van der Waals surface area contributed by atoms with E-state index in [2.05, 4.69) is 4.83 Å². The van der Waals surface area contributed by atoms with Gasteiger partial charge in [-0.05, 0) is 11.9 Å². The number of nitrogens with zero attached hydrogens (tertiary/aromatic N) is 1. The van der Waals surface area contributed by atoms with Gasteiger partial charge in [-0.3, -0.25) is 15.0 Å². The SMILES string of the molecule is O=C1CS[N]NC1=O. The topological polar surface area (TPSA) is 60.3 Å². The second-order valence-corrected chi connectivity index (χ2v) is 1.96. The summed E-state index contributed by atoms with van der Waals surface area (Å²) in [6.07, 6.45) is 0. The van der Waals surface area contributed by atoms with Crippen LogP contribution in [-0.2, 0) is 9.59 Å². The van der Waals surface area contributed by atoms with Gasteiger partial charge in [0.1, 0.15) is 0 Å². The first-order chi connectivity index (χ1) is 3.80. The Balaban J connectivity index is 2.52. The van der Waals surface area contributed by atoms with Gasteiger partial charge in [0.25, 0.3) is 0 Å². The van der Waals surface area contributed by atoms with Gasteiger partial charge >= 0.3 is 5.91 Å². The lowest BCUT2D eigenvalue weighted by Crippen LogP contribution is -2.40. The summed E-state index contributed by atoms with van der Waals surface area (Å²) in [6, 6.07) is 0. The zero-order valence-electron chi connectivity index (χ0n) is 3.88. The first-order valence-electron chi connectivity index (χ1n) is 1.96. The van der Waals surface area contributed by atoms with Crippen molar-refractivity contribution in [1.82, 2.24) is 10.3 Å². The molecule has 1 saturated heterocycles. The van der Waals surface area contributed by atoms with Crippen LogP contribution in [0.5, 0.6) is 0 Å². The smallest absolute Gasteiger partial charge is 0.288 e. The molecule has 1 aliphatic rings. The molecule has 4 nitrogen and oxygen atoms in total. The van der Waals surface area contributed by atoms with Crippen LogP contribution >= 0.6 is 11.9 Å². The summed E-state index contributed by atoms with van der Waals surface area (Å²) >= 11 is 1.05. The quantitative estimate of drug-likeness (QED) is 0.333. The van der Waals surface area contributed by atoms with Crippen molar-refractivity contribution in [2.24, 2.45) is 0 Å². The van der Waals surface area contributed by atoms with Crippen LogP contribution < -0.4 is 10.3 Å². The zero-order chi connectivity index (χ0) is 5.98. The summed E-state index contributed by atoms with van der Waals surface area (Å²) < 4.78 is 0. The number of hydrogen-bond donors (Lipinski definition) is 1. The Hall–Kier alpha value is -0.550. The molecule has 1 amide bonds. The monoisotopic (exact) mass is 131 g/mol. The van der Waals surface area contributed by atoms with Gasteiger partial charge in [0.05, 0.1) is 5.75 Å². The van der Waals surface area contributed by atoms with Crippen molar-refractivity contribution >= 4 is 23.6 Å². The van der Waals surface area contributed by atoms with E-state index in [4.69, 9.17) is 0 Å². The van der Waals surface area contributed by atoms with Crippen molar-refractivity contribution in [2.75, 3.05) is 5.75 Å². The largest absolute Gasteiger partial charge is 0.304 e. The van der Waals surface area contributed by atoms with Gasteiger partial charge in [0, 0.05) is 0 Å². The molecule has 1 heterocycles. The lowest BCUT2D eigenvalue weighted by atomic mass is 10.4. The Bertz CT molecular complexity index is 119. The molecule has 43 valence electrons. The minimum absolute atomic E-state index is 0.172. The Kier molecular flexibility index (Phi) is 1.50. The third-order valence-corrected chi connectivity index (χ3v) is 1.27. The third-order valence-electron chi connectivity index (χ3n) is 0.661. The second-order valence-electron chi connectivity index (χ2n) is 1.23. The molecule has 0 atom stereocenters. The summed E-state index contributed by atoms with van der Waals surface area (Å²) in [5.41, 5.74) is 2.03. The van der Waals surface area contributed by atoms with E-state index < -0.39 is 11.7 Å². The van der Waals surface area contributed by atoms with E-state index in [0.29, 0.717) is 0 Å². The maximum atomic E-state index is 10.3. The second kappa shape index (κ2) is 2.15. The van der Waals surface area contributed by atoms with E-state index in [0.717, 1.165) is 11.9 Å². The van der Waals surface area contributed by atoms with Crippen molar-refractivity contribution in [3.05, 3.63) is 0 Å². The fraction of sp³-hybridized carbons (Fsp3) is 0.333. The van der Waals surface area contributed by atoms with Crippen molar-refractivity contribution < 1.29 is 9.59 Å². The first kappa shape index (κ1) is 5.58. The molecule has 1 radical (unpaired) electrons. The van der Waals surface area contributed by atoms with Crippen LogP contribution in [0, 0.1) is 0 Å². The Morgan fingerprint density at radius 1 is 1.62 bits per heavy atom. The normalized spacial score (nSPS) is 20.5. The molecule has 8 heavy (non-hydrogen) atoms. The van der Waals surface area contributed by atoms with Crippen LogP contribution in [-0.4, -0.2) is 17.4 Å². The zero-order valence-corrected chi connectivity index (χ0v) is 4.70. The molecule has 1 aliphatic heterocycles. The van der Waals surface area contributed by atoms with Gasteiger partial charge in [0.2, 0.25) is 5.78 Å². The third kappa shape index (κ3) is 0.988. The Morgan fingerprint density at radius 3 is 2.75 bits per heavy atom. The van der Waals surface area contributed by atoms with E-state index in [-0.39, 0.29) is 5.75 Å². The number of carbonyl (C=O) groups is 2. The number of Topliss-reactive ketones (excluding diaryl/α,β-unsaturated/α-hetero) is 1. The molecule has 1 fully saturated rings. The summed E-state index contributed by atoms with van der Waals surface area (Å²) in [5, 5.41) is 0. The van der Waals surface area contributed by atoms with Crippen LogP contribution in [0.1, 0.15) is 0 Å². The van der Waals surface area contributed by atoms with Crippen molar-refractivity contribution in [3.8, 4) is 0 Å². The highest BCUT2D eigenvalue weighted by molar-refractivity contribution is 7.98. The Morgan fingerprint density at radius 2 is 2.38 bits per heavy atom.